The van der Waals surface area contributed by atoms with Crippen LogP contribution in [-0.2, 0) is 21.4 Å². The zero-order valence-electron chi connectivity index (χ0n) is 14.3. The van der Waals surface area contributed by atoms with Crippen molar-refractivity contribution in [2.75, 3.05) is 26.2 Å². The second-order valence-electron chi connectivity index (χ2n) is 5.97. The van der Waals surface area contributed by atoms with E-state index in [0.29, 0.717) is 10.7 Å². The molecular formula is C15H16F4N4O3S2. The average Bonchev–Trinajstić information content (AvgIpc) is 3.32. The highest BCUT2D eigenvalue weighted by Gasteiger charge is 2.31. The number of aromatic nitrogens is 2. The van der Waals surface area contributed by atoms with E-state index < -0.39 is 46.7 Å². The monoisotopic (exact) mass is 440 g/mol. The zero-order chi connectivity index (χ0) is 20.5. The van der Waals surface area contributed by atoms with E-state index in [0.717, 1.165) is 11.3 Å². The van der Waals surface area contributed by atoms with Gasteiger partial charge in [-0.05, 0) is 17.5 Å². The number of piperazine rings is 1. The SMILES string of the molecule is O=C(Cn1nc(C(F)F)cc1C(F)F)N1CCN(S(=O)(=O)c2cccs2)CC1. The van der Waals surface area contributed by atoms with E-state index in [1.54, 1.807) is 11.4 Å². The molecule has 0 aromatic carbocycles. The Labute approximate surface area is 162 Å². The number of rotatable bonds is 6. The molecule has 1 saturated heterocycles. The minimum absolute atomic E-state index is 0.0507. The Morgan fingerprint density at radius 3 is 2.36 bits per heavy atom. The van der Waals surface area contributed by atoms with Gasteiger partial charge in [-0.1, -0.05) is 6.07 Å². The second kappa shape index (κ2) is 8.17. The van der Waals surface area contributed by atoms with Crippen LogP contribution >= 0.6 is 11.3 Å². The molecule has 3 rings (SSSR count). The maximum atomic E-state index is 13.0. The van der Waals surface area contributed by atoms with Gasteiger partial charge in [-0.25, -0.2) is 26.0 Å². The maximum Gasteiger partial charge on any atom is 0.282 e. The summed E-state index contributed by atoms with van der Waals surface area (Å²) in [6.45, 7) is -0.388. The molecule has 1 amide bonds. The zero-order valence-corrected chi connectivity index (χ0v) is 16.0. The minimum atomic E-state index is -3.64. The van der Waals surface area contributed by atoms with Crippen LogP contribution in [0, 0.1) is 0 Å². The molecule has 154 valence electrons. The van der Waals surface area contributed by atoms with E-state index in [-0.39, 0.29) is 30.4 Å². The first-order valence-corrected chi connectivity index (χ1v) is 10.5. The Morgan fingerprint density at radius 1 is 1.14 bits per heavy atom. The van der Waals surface area contributed by atoms with Crippen LogP contribution in [0.1, 0.15) is 24.2 Å². The molecule has 0 radical (unpaired) electrons. The molecule has 1 fully saturated rings. The summed E-state index contributed by atoms with van der Waals surface area (Å²) in [5.74, 6) is -0.598. The van der Waals surface area contributed by atoms with Crippen molar-refractivity contribution in [2.24, 2.45) is 0 Å². The smallest absolute Gasteiger partial charge is 0.282 e. The second-order valence-corrected chi connectivity index (χ2v) is 9.08. The predicted octanol–water partition coefficient (Wildman–Crippen LogP) is 2.35. The van der Waals surface area contributed by atoms with E-state index in [1.807, 2.05) is 0 Å². The Morgan fingerprint density at radius 2 is 1.82 bits per heavy atom. The lowest BCUT2D eigenvalue weighted by Gasteiger charge is -2.33. The van der Waals surface area contributed by atoms with Crippen molar-refractivity contribution < 1.29 is 30.8 Å². The third kappa shape index (κ3) is 4.20. The first kappa shape index (κ1) is 20.7. The van der Waals surface area contributed by atoms with Crippen LogP contribution in [0.3, 0.4) is 0 Å². The largest absolute Gasteiger partial charge is 0.338 e. The molecule has 0 atom stereocenters. The number of amides is 1. The predicted molar refractivity (Wildman–Crippen MR) is 91.8 cm³/mol. The number of halogens is 4. The average molecular weight is 440 g/mol. The third-order valence-corrected chi connectivity index (χ3v) is 7.51. The van der Waals surface area contributed by atoms with Crippen LogP contribution in [0.4, 0.5) is 17.6 Å². The van der Waals surface area contributed by atoms with Crippen molar-refractivity contribution in [1.82, 2.24) is 19.0 Å². The first-order chi connectivity index (χ1) is 13.2. The minimum Gasteiger partial charge on any atom is -0.338 e. The molecule has 7 nitrogen and oxygen atoms in total. The summed E-state index contributed by atoms with van der Waals surface area (Å²) >= 11 is 1.09. The lowest BCUT2D eigenvalue weighted by atomic mass is 10.3. The molecule has 3 heterocycles. The van der Waals surface area contributed by atoms with Gasteiger partial charge in [0.15, 0.2) is 0 Å². The summed E-state index contributed by atoms with van der Waals surface area (Å²) in [6.07, 6.45) is -6.08. The van der Waals surface area contributed by atoms with Gasteiger partial charge in [0.25, 0.3) is 22.9 Å². The molecule has 1 aliphatic heterocycles. The molecule has 0 N–H and O–H groups in total. The van der Waals surface area contributed by atoms with Crippen LogP contribution in [-0.4, -0.2) is 59.5 Å². The summed E-state index contributed by atoms with van der Waals surface area (Å²) < 4.78 is 78.4. The summed E-state index contributed by atoms with van der Waals surface area (Å²) in [5, 5.41) is 5.03. The fourth-order valence-electron chi connectivity index (χ4n) is 2.80. The maximum absolute atomic E-state index is 13.0. The Bertz CT molecular complexity index is 923. The van der Waals surface area contributed by atoms with E-state index >= 15 is 0 Å². The molecule has 0 spiro atoms. The number of hydrogen-bond acceptors (Lipinski definition) is 5. The molecule has 2 aromatic heterocycles. The summed E-state index contributed by atoms with van der Waals surface area (Å²) in [7, 11) is -3.64. The number of carbonyl (C=O) groups excluding carboxylic acids is 1. The third-order valence-electron chi connectivity index (χ3n) is 4.24. The van der Waals surface area contributed by atoms with Crippen LogP contribution in [0.2, 0.25) is 0 Å². The summed E-state index contributed by atoms with van der Waals surface area (Å²) in [6, 6.07) is 3.69. The molecular weight excluding hydrogens is 424 g/mol. The van der Waals surface area contributed by atoms with E-state index in [1.165, 1.54) is 15.3 Å². The highest BCUT2D eigenvalue weighted by molar-refractivity contribution is 7.91. The van der Waals surface area contributed by atoms with Gasteiger partial charge in [0.1, 0.15) is 22.1 Å². The van der Waals surface area contributed by atoms with Crippen LogP contribution in [0.25, 0.3) is 0 Å². The number of hydrogen-bond donors (Lipinski definition) is 0. The van der Waals surface area contributed by atoms with Gasteiger partial charge in [-0.2, -0.15) is 9.40 Å². The van der Waals surface area contributed by atoms with Crippen molar-refractivity contribution in [2.45, 2.75) is 23.6 Å². The Balaban J connectivity index is 1.65. The fourth-order valence-corrected chi connectivity index (χ4v) is 5.37. The number of sulfonamides is 1. The van der Waals surface area contributed by atoms with Crippen molar-refractivity contribution >= 4 is 27.3 Å². The Kier molecular flexibility index (Phi) is 6.05. The van der Waals surface area contributed by atoms with E-state index in [2.05, 4.69) is 5.10 Å². The lowest BCUT2D eigenvalue weighted by molar-refractivity contribution is -0.133. The van der Waals surface area contributed by atoms with Gasteiger partial charge in [0, 0.05) is 26.2 Å². The number of alkyl halides is 4. The molecule has 2 aromatic rings. The summed E-state index contributed by atoms with van der Waals surface area (Å²) in [4.78, 5) is 13.7. The van der Waals surface area contributed by atoms with Crippen molar-refractivity contribution in [3.8, 4) is 0 Å². The first-order valence-electron chi connectivity index (χ1n) is 8.15. The van der Waals surface area contributed by atoms with E-state index in [9.17, 15) is 30.8 Å². The molecule has 28 heavy (non-hydrogen) atoms. The standard InChI is InChI=1S/C15H16F4N4O3S2/c16-14(17)10-8-11(15(18)19)23(20-10)9-12(24)21-3-5-22(6-4-21)28(25,26)13-2-1-7-27-13/h1-2,7-8,14-15H,3-6,9H2. The highest BCUT2D eigenvalue weighted by Crippen LogP contribution is 2.25. The van der Waals surface area contributed by atoms with Crippen LogP contribution in [0.5, 0.6) is 0 Å². The van der Waals surface area contributed by atoms with Crippen molar-refractivity contribution in [1.29, 1.82) is 0 Å². The van der Waals surface area contributed by atoms with E-state index in [4.69, 9.17) is 0 Å². The number of thiophene rings is 1. The normalized spacial score (nSPS) is 16.3. The van der Waals surface area contributed by atoms with Gasteiger partial charge >= 0.3 is 0 Å². The van der Waals surface area contributed by atoms with Gasteiger partial charge in [-0.15, -0.1) is 11.3 Å². The topological polar surface area (TPSA) is 75.5 Å². The van der Waals surface area contributed by atoms with Gasteiger partial charge < -0.3 is 4.90 Å². The highest BCUT2D eigenvalue weighted by atomic mass is 32.2. The molecule has 0 bridgehead atoms. The quantitative estimate of drug-likeness (QED) is 0.647. The number of nitrogens with zero attached hydrogens (tertiary/aromatic N) is 4. The Hall–Kier alpha value is -1.99. The van der Waals surface area contributed by atoms with Crippen molar-refractivity contribution in [3.05, 3.63) is 35.0 Å². The number of carbonyl (C=O) groups is 1. The molecule has 0 unspecified atom stereocenters. The summed E-state index contributed by atoms with van der Waals surface area (Å²) in [5.41, 5.74) is -1.59. The van der Waals surface area contributed by atoms with Gasteiger partial charge in [0.2, 0.25) is 5.91 Å². The van der Waals surface area contributed by atoms with Crippen molar-refractivity contribution in [3.63, 3.8) is 0 Å². The van der Waals surface area contributed by atoms with Crippen LogP contribution in [0.15, 0.2) is 27.8 Å². The van der Waals surface area contributed by atoms with Gasteiger partial charge in [-0.3, -0.25) is 9.48 Å². The molecule has 1 aliphatic rings. The lowest BCUT2D eigenvalue weighted by Crippen LogP contribution is -2.51. The molecule has 0 aliphatic carbocycles. The van der Waals surface area contributed by atoms with Gasteiger partial charge in [0.05, 0.1) is 0 Å². The van der Waals surface area contributed by atoms with Crippen LogP contribution < -0.4 is 0 Å². The molecule has 13 heteroatoms. The fraction of sp³-hybridized carbons (Fsp3) is 0.467. The molecule has 0 saturated carbocycles.